The Hall–Kier alpha value is -1.94. The van der Waals surface area contributed by atoms with E-state index in [1.54, 1.807) is 24.3 Å². The molecule has 0 atom stereocenters. The number of carbonyl (C=O) groups excluding carboxylic acids is 1. The van der Waals surface area contributed by atoms with E-state index in [1.807, 2.05) is 0 Å². The fourth-order valence-corrected chi connectivity index (χ4v) is 4.01. The van der Waals surface area contributed by atoms with E-state index >= 15 is 0 Å². The molecule has 0 aliphatic carbocycles. The maximum atomic E-state index is 12.6. The Bertz CT molecular complexity index is 1080. The smallest absolute Gasteiger partial charge is 0.309 e. The molecule has 2 N–H and O–H groups in total. The maximum absolute atomic E-state index is 12.6. The molecule has 2 heterocycles. The highest BCUT2D eigenvalue weighted by molar-refractivity contribution is 7.99. The summed E-state index contributed by atoms with van der Waals surface area (Å²) in [5.74, 6) is 0.243. The van der Waals surface area contributed by atoms with Gasteiger partial charge in [0.1, 0.15) is 5.03 Å². The number of alkyl halides is 3. The van der Waals surface area contributed by atoms with E-state index in [4.69, 9.17) is 34.8 Å². The number of benzene rings is 1. The highest BCUT2D eigenvalue weighted by Crippen LogP contribution is 2.34. The largest absolute Gasteiger partial charge is 0.417 e. The van der Waals surface area contributed by atoms with Gasteiger partial charge in [-0.1, -0.05) is 34.8 Å². The third kappa shape index (κ3) is 5.81. The maximum Gasteiger partial charge on any atom is 0.417 e. The molecule has 1 aromatic carbocycles. The lowest BCUT2D eigenvalue weighted by Crippen LogP contribution is -2.12. The van der Waals surface area contributed by atoms with Gasteiger partial charge < -0.3 is 5.32 Å². The summed E-state index contributed by atoms with van der Waals surface area (Å²) in [7, 11) is 0. The molecule has 12 heteroatoms. The fourth-order valence-electron chi connectivity index (χ4n) is 2.36. The Morgan fingerprint density at radius 2 is 1.90 bits per heavy atom. The minimum absolute atomic E-state index is 0.0770. The van der Waals surface area contributed by atoms with Gasteiger partial charge in [0.2, 0.25) is 5.91 Å². The van der Waals surface area contributed by atoms with Gasteiger partial charge in [-0.3, -0.25) is 9.89 Å². The van der Waals surface area contributed by atoms with E-state index < -0.39 is 11.7 Å². The summed E-state index contributed by atoms with van der Waals surface area (Å²) in [4.78, 5) is 15.8. The third-order valence-corrected chi connectivity index (χ3v) is 5.72. The first kappa shape index (κ1) is 22.7. The van der Waals surface area contributed by atoms with Crippen molar-refractivity contribution in [2.45, 2.75) is 17.6 Å². The number of hydrogen-bond acceptors (Lipinski definition) is 4. The SMILES string of the molecule is O=C(CCSc1ncc(C(F)(F)F)cc1Cl)Nc1cc(-c2ccc(Cl)cc2Cl)[nH]n1. The Balaban J connectivity index is 1.54. The molecular formula is C18H12Cl3F3N4OS. The summed E-state index contributed by atoms with van der Waals surface area (Å²) in [6.07, 6.45) is -3.73. The lowest BCUT2D eigenvalue weighted by atomic mass is 10.1. The van der Waals surface area contributed by atoms with Gasteiger partial charge in [0.05, 0.1) is 21.3 Å². The molecule has 3 aromatic rings. The average molecular weight is 496 g/mol. The first-order chi connectivity index (χ1) is 14.1. The molecule has 0 saturated carbocycles. The van der Waals surface area contributed by atoms with Gasteiger partial charge in [0.15, 0.2) is 5.82 Å². The number of pyridine rings is 1. The zero-order valence-corrected chi connectivity index (χ0v) is 17.9. The predicted molar refractivity (Wildman–Crippen MR) is 112 cm³/mol. The van der Waals surface area contributed by atoms with Crippen LogP contribution in [-0.2, 0) is 11.0 Å². The van der Waals surface area contributed by atoms with Crippen molar-refractivity contribution in [3.63, 3.8) is 0 Å². The van der Waals surface area contributed by atoms with E-state index in [0.29, 0.717) is 33.3 Å². The number of aromatic nitrogens is 3. The lowest BCUT2D eigenvalue weighted by Gasteiger charge is -2.08. The summed E-state index contributed by atoms with van der Waals surface area (Å²) < 4.78 is 37.9. The van der Waals surface area contributed by atoms with Crippen molar-refractivity contribution in [1.29, 1.82) is 0 Å². The normalized spacial score (nSPS) is 11.5. The number of rotatable bonds is 6. The van der Waals surface area contributed by atoms with Crippen molar-refractivity contribution in [2.75, 3.05) is 11.1 Å². The number of thioether (sulfide) groups is 1. The van der Waals surface area contributed by atoms with E-state index in [-0.39, 0.29) is 28.1 Å². The number of H-pyrrole nitrogens is 1. The Labute approximate surface area is 188 Å². The van der Waals surface area contributed by atoms with Crippen LogP contribution >= 0.6 is 46.6 Å². The van der Waals surface area contributed by atoms with Crippen LogP contribution in [0.25, 0.3) is 11.3 Å². The number of amides is 1. The van der Waals surface area contributed by atoms with Crippen LogP contribution in [0.2, 0.25) is 15.1 Å². The molecule has 3 rings (SSSR count). The van der Waals surface area contributed by atoms with Gasteiger partial charge in [0, 0.05) is 35.0 Å². The van der Waals surface area contributed by atoms with Gasteiger partial charge in [0.25, 0.3) is 0 Å². The molecule has 2 aromatic heterocycles. The minimum Gasteiger partial charge on any atom is -0.309 e. The van der Waals surface area contributed by atoms with Crippen LogP contribution in [0, 0.1) is 0 Å². The number of anilines is 1. The molecule has 0 saturated heterocycles. The van der Waals surface area contributed by atoms with Crippen molar-refractivity contribution in [3.05, 3.63) is 57.2 Å². The lowest BCUT2D eigenvalue weighted by molar-refractivity contribution is -0.137. The molecule has 0 fully saturated rings. The molecule has 5 nitrogen and oxygen atoms in total. The Kier molecular flexibility index (Phi) is 7.18. The second-order valence-corrected chi connectivity index (χ2v) is 8.28. The average Bonchev–Trinajstić information content (AvgIpc) is 3.10. The van der Waals surface area contributed by atoms with E-state index in [2.05, 4.69) is 20.5 Å². The predicted octanol–water partition coefficient (Wildman–Crippen LogP) is 6.57. The quantitative estimate of drug-likeness (QED) is 0.379. The second-order valence-electron chi connectivity index (χ2n) is 5.95. The number of nitrogens with one attached hydrogen (secondary N) is 2. The van der Waals surface area contributed by atoms with Crippen LogP contribution in [0.4, 0.5) is 19.0 Å². The van der Waals surface area contributed by atoms with Crippen LogP contribution in [0.1, 0.15) is 12.0 Å². The third-order valence-electron chi connectivity index (χ3n) is 3.77. The van der Waals surface area contributed by atoms with Crippen LogP contribution in [0.5, 0.6) is 0 Å². The number of nitrogens with zero attached hydrogens (tertiary/aromatic N) is 2. The van der Waals surface area contributed by atoms with Crippen molar-refractivity contribution in [2.24, 2.45) is 0 Å². The zero-order valence-electron chi connectivity index (χ0n) is 14.9. The number of halogens is 6. The van der Waals surface area contributed by atoms with Crippen molar-refractivity contribution in [1.82, 2.24) is 15.2 Å². The van der Waals surface area contributed by atoms with Crippen LogP contribution in [0.3, 0.4) is 0 Å². The molecule has 0 radical (unpaired) electrons. The standard InChI is InChI=1S/C18H12Cl3F3N4OS/c19-10-1-2-11(12(20)6-10)14-7-15(28-27-14)26-16(29)3-4-30-17-13(21)5-9(8-25-17)18(22,23)24/h1-2,5-8H,3-4H2,(H2,26,27,28,29). The van der Waals surface area contributed by atoms with E-state index in [0.717, 1.165) is 17.8 Å². The summed E-state index contributed by atoms with van der Waals surface area (Å²) in [5.41, 5.74) is 0.347. The van der Waals surface area contributed by atoms with Crippen LogP contribution in [0.15, 0.2) is 41.6 Å². The highest BCUT2D eigenvalue weighted by atomic mass is 35.5. The second kappa shape index (κ2) is 9.47. The molecule has 0 spiro atoms. The van der Waals surface area contributed by atoms with Gasteiger partial charge in [-0.15, -0.1) is 11.8 Å². The summed E-state index contributed by atoms with van der Waals surface area (Å²) in [6.45, 7) is 0. The van der Waals surface area contributed by atoms with Gasteiger partial charge in [-0.2, -0.15) is 18.3 Å². The number of carbonyl (C=O) groups is 1. The molecule has 0 aliphatic rings. The first-order valence-corrected chi connectivity index (χ1v) is 10.4. The zero-order chi connectivity index (χ0) is 21.9. The Morgan fingerprint density at radius 1 is 1.13 bits per heavy atom. The van der Waals surface area contributed by atoms with Crippen molar-refractivity contribution >= 4 is 58.3 Å². The van der Waals surface area contributed by atoms with Crippen LogP contribution in [-0.4, -0.2) is 26.8 Å². The molecular weight excluding hydrogens is 484 g/mol. The molecule has 0 unspecified atom stereocenters. The van der Waals surface area contributed by atoms with Crippen LogP contribution < -0.4 is 5.32 Å². The molecule has 30 heavy (non-hydrogen) atoms. The monoisotopic (exact) mass is 494 g/mol. The van der Waals surface area contributed by atoms with Gasteiger partial charge >= 0.3 is 6.18 Å². The molecule has 0 aliphatic heterocycles. The summed E-state index contributed by atoms with van der Waals surface area (Å²) in [5, 5.41) is 10.4. The Morgan fingerprint density at radius 3 is 2.57 bits per heavy atom. The number of aromatic amines is 1. The van der Waals surface area contributed by atoms with Gasteiger partial charge in [-0.05, 0) is 24.3 Å². The molecule has 0 bridgehead atoms. The summed E-state index contributed by atoms with van der Waals surface area (Å²) in [6, 6.07) is 7.43. The number of hydrogen-bond donors (Lipinski definition) is 2. The first-order valence-electron chi connectivity index (χ1n) is 8.29. The van der Waals surface area contributed by atoms with Crippen molar-refractivity contribution in [3.8, 4) is 11.3 Å². The molecule has 158 valence electrons. The molecule has 1 amide bonds. The summed E-state index contributed by atoms with van der Waals surface area (Å²) >= 11 is 19.0. The highest BCUT2D eigenvalue weighted by Gasteiger charge is 2.31. The van der Waals surface area contributed by atoms with E-state index in [1.165, 1.54) is 0 Å². The van der Waals surface area contributed by atoms with Crippen molar-refractivity contribution < 1.29 is 18.0 Å². The van der Waals surface area contributed by atoms with E-state index in [9.17, 15) is 18.0 Å². The minimum atomic E-state index is -4.52. The van der Waals surface area contributed by atoms with Gasteiger partial charge in [-0.25, -0.2) is 4.98 Å². The topological polar surface area (TPSA) is 70.7 Å². The fraction of sp³-hybridized carbons (Fsp3) is 0.167.